The van der Waals surface area contributed by atoms with E-state index in [-0.39, 0.29) is 11.3 Å². The highest BCUT2D eigenvalue weighted by Crippen LogP contribution is 2.26. The molecule has 0 saturated heterocycles. The summed E-state index contributed by atoms with van der Waals surface area (Å²) in [6, 6.07) is 6.93. The number of benzene rings is 1. The molecule has 0 saturated carbocycles. The van der Waals surface area contributed by atoms with E-state index in [1.165, 1.54) is 12.3 Å². The van der Waals surface area contributed by atoms with Crippen molar-refractivity contribution in [2.24, 2.45) is 0 Å². The zero-order chi connectivity index (χ0) is 14.7. The van der Waals surface area contributed by atoms with Crippen LogP contribution in [0.5, 0.6) is 5.75 Å². The summed E-state index contributed by atoms with van der Waals surface area (Å²) in [7, 11) is 1.61. The summed E-state index contributed by atoms with van der Waals surface area (Å²) in [6.07, 6.45) is 1.26. The molecule has 20 heavy (non-hydrogen) atoms. The van der Waals surface area contributed by atoms with Crippen molar-refractivity contribution < 1.29 is 14.6 Å². The number of carboxylic acids is 1. The summed E-state index contributed by atoms with van der Waals surface area (Å²) in [4.78, 5) is 14.8. The van der Waals surface area contributed by atoms with Crippen LogP contribution >= 0.6 is 0 Å². The monoisotopic (exact) mass is 273 g/mol. The maximum absolute atomic E-state index is 10.8. The summed E-state index contributed by atoms with van der Waals surface area (Å²) >= 11 is 0. The van der Waals surface area contributed by atoms with Crippen molar-refractivity contribution in [1.82, 2.24) is 4.98 Å². The number of hydrogen-bond acceptors (Lipinski definition) is 5. The highest BCUT2D eigenvalue weighted by atomic mass is 16.5. The fourth-order valence-corrected chi connectivity index (χ4v) is 1.80. The second-order valence-electron chi connectivity index (χ2n) is 4.28. The minimum absolute atomic E-state index is 0.0546. The van der Waals surface area contributed by atoms with E-state index in [0.717, 1.165) is 17.0 Å². The molecule has 1 heterocycles. The molecule has 0 spiro atoms. The number of nitrogens with two attached hydrogens (primary N) is 1. The van der Waals surface area contributed by atoms with Crippen LogP contribution in [0.15, 0.2) is 30.5 Å². The molecule has 1 aromatic carbocycles. The van der Waals surface area contributed by atoms with Crippen molar-refractivity contribution in [2.45, 2.75) is 6.92 Å². The van der Waals surface area contributed by atoms with Crippen molar-refractivity contribution in [2.75, 3.05) is 18.2 Å². The Balaban J connectivity index is 2.26. The number of carboxylic acid groups (broad SMARTS) is 1. The average Bonchev–Trinajstić information content (AvgIpc) is 2.41. The quantitative estimate of drug-likeness (QED) is 0.791. The van der Waals surface area contributed by atoms with Gasteiger partial charge in [0.25, 0.3) is 0 Å². The SMILES string of the molecule is COc1ccc(Nc2ncc(C(=O)O)cc2N)cc1C. The van der Waals surface area contributed by atoms with Gasteiger partial charge in [-0.15, -0.1) is 0 Å². The third-order valence-corrected chi connectivity index (χ3v) is 2.82. The van der Waals surface area contributed by atoms with Crippen LogP contribution in [0.1, 0.15) is 15.9 Å². The second kappa shape index (κ2) is 5.48. The van der Waals surface area contributed by atoms with Gasteiger partial charge in [-0.2, -0.15) is 0 Å². The van der Waals surface area contributed by atoms with E-state index in [2.05, 4.69) is 10.3 Å². The maximum Gasteiger partial charge on any atom is 0.337 e. The Morgan fingerprint density at radius 1 is 1.40 bits per heavy atom. The Bertz CT molecular complexity index is 656. The van der Waals surface area contributed by atoms with Crippen LogP contribution in [0, 0.1) is 6.92 Å². The molecular formula is C14H15N3O3. The molecule has 104 valence electrons. The number of aromatic carboxylic acids is 1. The lowest BCUT2D eigenvalue weighted by atomic mass is 10.2. The minimum atomic E-state index is -1.06. The Hall–Kier alpha value is -2.76. The van der Waals surface area contributed by atoms with Gasteiger partial charge in [0.05, 0.1) is 18.4 Å². The number of anilines is 3. The molecule has 0 aliphatic carbocycles. The van der Waals surface area contributed by atoms with Crippen LogP contribution in [-0.2, 0) is 0 Å². The second-order valence-corrected chi connectivity index (χ2v) is 4.28. The molecular weight excluding hydrogens is 258 g/mol. The van der Waals surface area contributed by atoms with Crippen LogP contribution in [-0.4, -0.2) is 23.2 Å². The first-order valence-corrected chi connectivity index (χ1v) is 5.91. The van der Waals surface area contributed by atoms with E-state index < -0.39 is 5.97 Å². The Morgan fingerprint density at radius 3 is 2.70 bits per heavy atom. The van der Waals surface area contributed by atoms with Crippen molar-refractivity contribution >= 4 is 23.2 Å². The van der Waals surface area contributed by atoms with E-state index in [4.69, 9.17) is 15.6 Å². The number of hydrogen-bond donors (Lipinski definition) is 3. The number of methoxy groups -OCH3 is 1. The Kier molecular flexibility index (Phi) is 3.74. The van der Waals surface area contributed by atoms with Crippen molar-refractivity contribution in [3.63, 3.8) is 0 Å². The molecule has 0 radical (unpaired) electrons. The smallest absolute Gasteiger partial charge is 0.337 e. The standard InChI is InChI=1S/C14H15N3O3/c1-8-5-10(3-4-12(8)20-2)17-13-11(15)6-9(7-16-13)14(18)19/h3-7H,15H2,1-2H3,(H,16,17)(H,18,19). The molecule has 6 nitrogen and oxygen atoms in total. The predicted octanol–water partition coefficient (Wildman–Crippen LogP) is 2.42. The van der Waals surface area contributed by atoms with E-state index in [9.17, 15) is 4.79 Å². The molecule has 6 heteroatoms. The lowest BCUT2D eigenvalue weighted by molar-refractivity contribution is 0.0696. The number of nitrogens with one attached hydrogen (secondary N) is 1. The number of nitrogens with zero attached hydrogens (tertiary/aromatic N) is 1. The number of aromatic nitrogens is 1. The summed E-state index contributed by atoms with van der Waals surface area (Å²) < 4.78 is 5.18. The fraction of sp³-hybridized carbons (Fsp3) is 0.143. The number of pyridine rings is 1. The van der Waals surface area contributed by atoms with Crippen molar-refractivity contribution in [3.8, 4) is 5.75 Å². The van der Waals surface area contributed by atoms with E-state index in [0.29, 0.717) is 5.82 Å². The Morgan fingerprint density at radius 2 is 2.15 bits per heavy atom. The van der Waals surface area contributed by atoms with Crippen LogP contribution in [0.3, 0.4) is 0 Å². The number of ether oxygens (including phenoxy) is 1. The average molecular weight is 273 g/mol. The van der Waals surface area contributed by atoms with E-state index in [1.807, 2.05) is 25.1 Å². The van der Waals surface area contributed by atoms with Gasteiger partial charge in [-0.05, 0) is 36.8 Å². The molecule has 0 unspecified atom stereocenters. The lowest BCUT2D eigenvalue weighted by Crippen LogP contribution is -2.04. The van der Waals surface area contributed by atoms with Gasteiger partial charge in [0.1, 0.15) is 5.75 Å². The van der Waals surface area contributed by atoms with Gasteiger partial charge in [-0.1, -0.05) is 0 Å². The van der Waals surface area contributed by atoms with Gasteiger partial charge >= 0.3 is 5.97 Å². The third-order valence-electron chi connectivity index (χ3n) is 2.82. The first-order valence-electron chi connectivity index (χ1n) is 5.91. The van der Waals surface area contributed by atoms with Crippen LogP contribution in [0.25, 0.3) is 0 Å². The first-order chi connectivity index (χ1) is 9.51. The maximum atomic E-state index is 10.8. The predicted molar refractivity (Wildman–Crippen MR) is 76.6 cm³/mol. The third kappa shape index (κ3) is 2.80. The number of carbonyl (C=O) groups is 1. The number of aryl methyl sites for hydroxylation is 1. The molecule has 0 aliphatic heterocycles. The molecule has 0 aliphatic rings. The summed E-state index contributed by atoms with van der Waals surface area (Å²) in [6.45, 7) is 1.92. The van der Waals surface area contributed by atoms with Crippen LogP contribution in [0.2, 0.25) is 0 Å². The zero-order valence-electron chi connectivity index (χ0n) is 11.2. The first kappa shape index (κ1) is 13.7. The molecule has 2 aromatic rings. The van der Waals surface area contributed by atoms with Crippen LogP contribution in [0.4, 0.5) is 17.2 Å². The van der Waals surface area contributed by atoms with Crippen LogP contribution < -0.4 is 15.8 Å². The van der Waals surface area contributed by atoms with Crippen molar-refractivity contribution in [3.05, 3.63) is 41.6 Å². The summed E-state index contributed by atoms with van der Waals surface area (Å²) in [5, 5.41) is 11.9. The van der Waals surface area contributed by atoms with Crippen molar-refractivity contribution in [1.29, 1.82) is 0 Å². The van der Waals surface area contributed by atoms with Gasteiger partial charge in [0.2, 0.25) is 0 Å². The normalized spacial score (nSPS) is 10.1. The zero-order valence-corrected chi connectivity index (χ0v) is 11.2. The molecule has 1 aromatic heterocycles. The fourth-order valence-electron chi connectivity index (χ4n) is 1.80. The number of nitrogen functional groups attached to an aromatic ring is 1. The number of rotatable bonds is 4. The molecule has 0 atom stereocenters. The highest BCUT2D eigenvalue weighted by Gasteiger charge is 2.08. The van der Waals surface area contributed by atoms with E-state index >= 15 is 0 Å². The minimum Gasteiger partial charge on any atom is -0.496 e. The largest absolute Gasteiger partial charge is 0.496 e. The topological polar surface area (TPSA) is 97.5 Å². The van der Waals surface area contributed by atoms with E-state index in [1.54, 1.807) is 7.11 Å². The lowest BCUT2D eigenvalue weighted by Gasteiger charge is -2.11. The van der Waals surface area contributed by atoms with Gasteiger partial charge in [0.15, 0.2) is 5.82 Å². The van der Waals surface area contributed by atoms with Gasteiger partial charge in [-0.25, -0.2) is 9.78 Å². The molecule has 0 fully saturated rings. The molecule has 0 amide bonds. The van der Waals surface area contributed by atoms with Gasteiger partial charge in [-0.3, -0.25) is 0 Å². The molecule has 0 bridgehead atoms. The molecule has 4 N–H and O–H groups in total. The van der Waals surface area contributed by atoms with Gasteiger partial charge < -0.3 is 20.9 Å². The summed E-state index contributed by atoms with van der Waals surface area (Å²) in [5.74, 6) is 0.147. The van der Waals surface area contributed by atoms with Gasteiger partial charge in [0, 0.05) is 11.9 Å². The Labute approximate surface area is 116 Å². The molecule has 2 rings (SSSR count). The highest BCUT2D eigenvalue weighted by molar-refractivity contribution is 5.89. The summed E-state index contributed by atoms with van der Waals surface area (Å²) in [5.41, 5.74) is 7.89.